The van der Waals surface area contributed by atoms with Crippen LogP contribution in [0.4, 0.5) is 0 Å². The van der Waals surface area contributed by atoms with E-state index in [-0.39, 0.29) is 11.7 Å². The van der Waals surface area contributed by atoms with Gasteiger partial charge >= 0.3 is 0 Å². The van der Waals surface area contributed by atoms with Gasteiger partial charge in [0, 0.05) is 38.6 Å². The minimum absolute atomic E-state index is 0.386. The molecule has 1 aromatic rings. The summed E-state index contributed by atoms with van der Waals surface area (Å²) >= 11 is 5.91. The van der Waals surface area contributed by atoms with Crippen molar-refractivity contribution < 1.29 is 9.59 Å². The lowest BCUT2D eigenvalue weighted by Crippen LogP contribution is -2.43. The number of likely N-dealkylation sites (tertiary alicyclic amines) is 1. The first kappa shape index (κ1) is 18.0. The molecule has 1 heterocycles. The third kappa shape index (κ3) is 5.63. The number of Topliss-reactive ketones (excluding diaryl/α,β-unsaturated/α-hetero) is 1. The van der Waals surface area contributed by atoms with E-state index in [2.05, 4.69) is 17.0 Å². The van der Waals surface area contributed by atoms with Crippen LogP contribution in [-0.4, -0.2) is 54.7 Å². The molecular weight excluding hydrogens is 312 g/mol. The quantitative estimate of drug-likeness (QED) is 0.750. The maximum absolute atomic E-state index is 11.7. The summed E-state index contributed by atoms with van der Waals surface area (Å²) in [5.41, 5.74) is 1.29. The third-order valence-corrected chi connectivity index (χ3v) is 4.66. The fourth-order valence-corrected chi connectivity index (χ4v) is 3.31. The zero-order valence-electron chi connectivity index (χ0n) is 13.9. The SMILES string of the molecule is CC(=O)C(=O)N(C)CC1CCCN(CCc2ccc(Cl)cc2)C1. The molecule has 1 saturated heterocycles. The maximum atomic E-state index is 11.7. The molecule has 1 fully saturated rings. The zero-order valence-corrected chi connectivity index (χ0v) is 14.7. The minimum Gasteiger partial charge on any atom is -0.339 e. The Labute approximate surface area is 143 Å². The number of likely N-dealkylation sites (N-methyl/N-ethyl adjacent to an activating group) is 1. The summed E-state index contributed by atoms with van der Waals surface area (Å²) in [6.45, 7) is 5.11. The highest BCUT2D eigenvalue weighted by atomic mass is 35.5. The van der Waals surface area contributed by atoms with Crippen molar-refractivity contribution in [2.45, 2.75) is 26.2 Å². The van der Waals surface area contributed by atoms with Crippen molar-refractivity contribution >= 4 is 23.3 Å². The molecule has 0 saturated carbocycles. The molecule has 4 nitrogen and oxygen atoms in total. The number of nitrogens with zero attached hydrogens (tertiary/aromatic N) is 2. The molecular formula is C18H25ClN2O2. The number of halogens is 1. The van der Waals surface area contributed by atoms with Crippen molar-refractivity contribution in [1.82, 2.24) is 9.80 Å². The van der Waals surface area contributed by atoms with Gasteiger partial charge in [-0.05, 0) is 49.4 Å². The molecule has 1 aliphatic heterocycles. The molecule has 1 atom stereocenters. The average Bonchev–Trinajstić information content (AvgIpc) is 2.54. The van der Waals surface area contributed by atoms with Crippen LogP contribution in [0.3, 0.4) is 0 Å². The van der Waals surface area contributed by atoms with E-state index in [4.69, 9.17) is 11.6 Å². The van der Waals surface area contributed by atoms with E-state index in [0.29, 0.717) is 12.5 Å². The second kappa shape index (κ2) is 8.46. The summed E-state index contributed by atoms with van der Waals surface area (Å²) in [5, 5.41) is 0.768. The van der Waals surface area contributed by atoms with Crippen molar-refractivity contribution in [3.8, 4) is 0 Å². The number of benzene rings is 1. The highest BCUT2D eigenvalue weighted by molar-refractivity contribution is 6.35. The Kier molecular flexibility index (Phi) is 6.60. The second-order valence-corrected chi connectivity index (χ2v) is 6.86. The molecule has 23 heavy (non-hydrogen) atoms. The number of piperidine rings is 1. The summed E-state index contributed by atoms with van der Waals surface area (Å²) in [7, 11) is 1.72. The molecule has 0 spiro atoms. The van der Waals surface area contributed by atoms with Gasteiger partial charge in [-0.25, -0.2) is 0 Å². The van der Waals surface area contributed by atoms with Gasteiger partial charge in [0.2, 0.25) is 5.78 Å². The van der Waals surface area contributed by atoms with Crippen LogP contribution in [-0.2, 0) is 16.0 Å². The fraction of sp³-hybridized carbons (Fsp3) is 0.556. The van der Waals surface area contributed by atoms with Gasteiger partial charge in [0.1, 0.15) is 0 Å². The van der Waals surface area contributed by atoms with E-state index < -0.39 is 0 Å². The largest absolute Gasteiger partial charge is 0.339 e. The minimum atomic E-state index is -0.386. The van der Waals surface area contributed by atoms with Crippen molar-refractivity contribution in [2.75, 3.05) is 33.2 Å². The second-order valence-electron chi connectivity index (χ2n) is 6.43. The van der Waals surface area contributed by atoms with E-state index in [0.717, 1.165) is 43.9 Å². The number of amides is 1. The molecule has 2 rings (SSSR count). The number of carbonyl (C=O) groups is 2. The lowest BCUT2D eigenvalue weighted by atomic mass is 9.97. The van der Waals surface area contributed by atoms with Crippen molar-refractivity contribution in [1.29, 1.82) is 0 Å². The van der Waals surface area contributed by atoms with Crippen LogP contribution in [0.15, 0.2) is 24.3 Å². The molecule has 1 unspecified atom stereocenters. The maximum Gasteiger partial charge on any atom is 0.289 e. The summed E-state index contributed by atoms with van der Waals surface area (Å²) < 4.78 is 0. The van der Waals surface area contributed by atoms with Crippen molar-refractivity contribution in [2.24, 2.45) is 5.92 Å². The normalized spacial score (nSPS) is 18.7. The van der Waals surface area contributed by atoms with Gasteiger partial charge in [-0.2, -0.15) is 0 Å². The summed E-state index contributed by atoms with van der Waals surface area (Å²) in [4.78, 5) is 26.9. The van der Waals surface area contributed by atoms with Crippen LogP contribution in [0.1, 0.15) is 25.3 Å². The van der Waals surface area contributed by atoms with Gasteiger partial charge < -0.3 is 9.80 Å². The van der Waals surface area contributed by atoms with Gasteiger partial charge in [0.15, 0.2) is 0 Å². The lowest BCUT2D eigenvalue weighted by molar-refractivity contribution is -0.143. The predicted molar refractivity (Wildman–Crippen MR) is 92.6 cm³/mol. The summed E-state index contributed by atoms with van der Waals surface area (Å²) in [6.07, 6.45) is 3.27. The van der Waals surface area contributed by atoms with E-state index in [1.807, 2.05) is 12.1 Å². The van der Waals surface area contributed by atoms with Gasteiger partial charge in [-0.1, -0.05) is 23.7 Å². The van der Waals surface area contributed by atoms with Crippen LogP contribution in [0.2, 0.25) is 5.02 Å². The Hall–Kier alpha value is -1.39. The predicted octanol–water partition coefficient (Wildman–Crippen LogP) is 2.64. The van der Waals surface area contributed by atoms with E-state index >= 15 is 0 Å². The zero-order chi connectivity index (χ0) is 16.8. The monoisotopic (exact) mass is 336 g/mol. The first-order chi connectivity index (χ1) is 11.0. The van der Waals surface area contributed by atoms with E-state index in [1.165, 1.54) is 12.5 Å². The Morgan fingerprint density at radius 2 is 2.00 bits per heavy atom. The number of carbonyl (C=O) groups excluding carboxylic acids is 2. The van der Waals surface area contributed by atoms with Gasteiger partial charge in [-0.3, -0.25) is 9.59 Å². The van der Waals surface area contributed by atoms with Crippen LogP contribution in [0.25, 0.3) is 0 Å². The smallest absolute Gasteiger partial charge is 0.289 e. The Bertz CT molecular complexity index is 544. The van der Waals surface area contributed by atoms with Crippen LogP contribution in [0, 0.1) is 5.92 Å². The average molecular weight is 337 g/mol. The summed E-state index contributed by atoms with van der Waals surface area (Å²) in [6, 6.07) is 8.00. The first-order valence-electron chi connectivity index (χ1n) is 8.18. The van der Waals surface area contributed by atoms with Gasteiger partial charge in [0.25, 0.3) is 5.91 Å². The standard InChI is InChI=1S/C18H25ClN2O2/c1-14(22)18(23)20(2)12-16-4-3-10-21(13-16)11-9-15-5-7-17(19)8-6-15/h5-8,16H,3-4,9-13H2,1-2H3. The first-order valence-corrected chi connectivity index (χ1v) is 8.56. The molecule has 1 amide bonds. The molecule has 0 aromatic heterocycles. The molecule has 126 valence electrons. The lowest BCUT2D eigenvalue weighted by Gasteiger charge is -2.34. The fourth-order valence-electron chi connectivity index (χ4n) is 3.18. The van der Waals surface area contributed by atoms with Crippen molar-refractivity contribution in [3.63, 3.8) is 0 Å². The Morgan fingerprint density at radius 3 is 2.65 bits per heavy atom. The van der Waals surface area contributed by atoms with Crippen molar-refractivity contribution in [3.05, 3.63) is 34.9 Å². The molecule has 0 bridgehead atoms. The summed E-state index contributed by atoms with van der Waals surface area (Å²) in [5.74, 6) is -0.326. The number of ketones is 1. The van der Waals surface area contributed by atoms with Gasteiger partial charge in [-0.15, -0.1) is 0 Å². The Balaban J connectivity index is 1.80. The molecule has 5 heteroatoms. The molecule has 0 N–H and O–H groups in total. The van der Waals surface area contributed by atoms with Crippen LogP contribution < -0.4 is 0 Å². The van der Waals surface area contributed by atoms with E-state index in [9.17, 15) is 9.59 Å². The number of hydrogen-bond acceptors (Lipinski definition) is 3. The van der Waals surface area contributed by atoms with Crippen LogP contribution >= 0.6 is 11.6 Å². The molecule has 1 aromatic carbocycles. The number of hydrogen-bond donors (Lipinski definition) is 0. The van der Waals surface area contributed by atoms with Gasteiger partial charge in [0.05, 0.1) is 0 Å². The topological polar surface area (TPSA) is 40.6 Å². The third-order valence-electron chi connectivity index (χ3n) is 4.41. The molecule has 0 aliphatic carbocycles. The highest BCUT2D eigenvalue weighted by Gasteiger charge is 2.23. The highest BCUT2D eigenvalue weighted by Crippen LogP contribution is 2.18. The number of rotatable bonds is 6. The Morgan fingerprint density at radius 1 is 1.30 bits per heavy atom. The van der Waals surface area contributed by atoms with E-state index in [1.54, 1.807) is 11.9 Å². The van der Waals surface area contributed by atoms with Crippen LogP contribution in [0.5, 0.6) is 0 Å². The molecule has 1 aliphatic rings. The molecule has 0 radical (unpaired) electrons.